The summed E-state index contributed by atoms with van der Waals surface area (Å²) in [7, 11) is -3.20. The zero-order chi connectivity index (χ0) is 14.3. The zero-order valence-corrected chi connectivity index (χ0v) is 12.3. The van der Waals surface area contributed by atoms with E-state index in [-0.39, 0.29) is 0 Å². The SMILES string of the molecule is CS(=O)(=O)c1ccc2nc(Cc3cn[nH]c3N)sc2c1. The molecule has 0 amide bonds. The van der Waals surface area contributed by atoms with Crippen LogP contribution >= 0.6 is 11.3 Å². The smallest absolute Gasteiger partial charge is 0.175 e. The molecule has 0 bridgehead atoms. The van der Waals surface area contributed by atoms with Gasteiger partial charge in [-0.15, -0.1) is 11.3 Å². The first-order chi connectivity index (χ1) is 9.43. The first-order valence-electron chi connectivity index (χ1n) is 5.81. The fourth-order valence-electron chi connectivity index (χ4n) is 1.88. The van der Waals surface area contributed by atoms with Crippen molar-refractivity contribution in [2.24, 2.45) is 0 Å². The van der Waals surface area contributed by atoms with E-state index >= 15 is 0 Å². The van der Waals surface area contributed by atoms with E-state index in [0.717, 1.165) is 20.8 Å². The van der Waals surface area contributed by atoms with E-state index in [1.54, 1.807) is 24.4 Å². The average molecular weight is 308 g/mol. The first kappa shape index (κ1) is 13.1. The Bertz CT molecular complexity index is 880. The number of nitrogens with zero attached hydrogens (tertiary/aromatic N) is 2. The number of aromatic nitrogens is 3. The average Bonchev–Trinajstić information content (AvgIpc) is 2.94. The van der Waals surface area contributed by atoms with Crippen LogP contribution in [0.3, 0.4) is 0 Å². The maximum absolute atomic E-state index is 11.5. The molecule has 0 unspecified atom stereocenters. The van der Waals surface area contributed by atoms with Gasteiger partial charge in [-0.05, 0) is 18.2 Å². The van der Waals surface area contributed by atoms with Crippen molar-refractivity contribution < 1.29 is 8.42 Å². The number of nitrogens with one attached hydrogen (secondary N) is 1. The number of hydrogen-bond acceptors (Lipinski definition) is 6. The molecule has 8 heteroatoms. The molecule has 3 N–H and O–H groups in total. The molecule has 0 aliphatic carbocycles. The molecule has 3 rings (SSSR count). The number of nitrogens with two attached hydrogens (primary N) is 1. The second kappa shape index (κ2) is 4.57. The lowest BCUT2D eigenvalue weighted by molar-refractivity contribution is 0.602. The minimum absolute atomic E-state index is 0.308. The highest BCUT2D eigenvalue weighted by atomic mass is 32.2. The minimum Gasteiger partial charge on any atom is -0.384 e. The molecule has 6 nitrogen and oxygen atoms in total. The molecule has 0 saturated heterocycles. The Kier molecular flexibility index (Phi) is 2.98. The summed E-state index contributed by atoms with van der Waals surface area (Å²) < 4.78 is 23.9. The van der Waals surface area contributed by atoms with Crippen LogP contribution in [-0.2, 0) is 16.3 Å². The van der Waals surface area contributed by atoms with Crippen LogP contribution in [0.1, 0.15) is 10.6 Å². The van der Waals surface area contributed by atoms with Crippen molar-refractivity contribution in [3.05, 3.63) is 35.0 Å². The van der Waals surface area contributed by atoms with Crippen LogP contribution in [-0.4, -0.2) is 29.9 Å². The molecule has 0 spiro atoms. The van der Waals surface area contributed by atoms with E-state index in [1.165, 1.54) is 17.6 Å². The number of aromatic amines is 1. The van der Waals surface area contributed by atoms with E-state index in [4.69, 9.17) is 5.73 Å². The van der Waals surface area contributed by atoms with Gasteiger partial charge in [-0.25, -0.2) is 13.4 Å². The topological polar surface area (TPSA) is 102 Å². The molecule has 104 valence electrons. The lowest BCUT2D eigenvalue weighted by Gasteiger charge is -1.96. The fourth-order valence-corrected chi connectivity index (χ4v) is 3.64. The molecule has 0 fully saturated rings. The minimum atomic E-state index is -3.20. The molecule has 0 saturated carbocycles. The van der Waals surface area contributed by atoms with Crippen LogP contribution in [0.25, 0.3) is 10.2 Å². The van der Waals surface area contributed by atoms with Gasteiger partial charge in [0.25, 0.3) is 0 Å². The van der Waals surface area contributed by atoms with Crippen molar-refractivity contribution in [3.8, 4) is 0 Å². The number of anilines is 1. The number of benzene rings is 1. The molecular formula is C12H12N4O2S2. The Morgan fingerprint density at radius 3 is 2.85 bits per heavy atom. The lowest BCUT2D eigenvalue weighted by Crippen LogP contribution is -1.95. The van der Waals surface area contributed by atoms with Gasteiger partial charge in [-0.2, -0.15) is 5.10 Å². The van der Waals surface area contributed by atoms with Gasteiger partial charge in [0.2, 0.25) is 0 Å². The monoisotopic (exact) mass is 308 g/mol. The summed E-state index contributed by atoms with van der Waals surface area (Å²) in [5.74, 6) is 0.529. The Balaban J connectivity index is 2.01. The number of fused-ring (bicyclic) bond motifs is 1. The van der Waals surface area contributed by atoms with Crippen LogP contribution in [0.5, 0.6) is 0 Å². The summed E-state index contributed by atoms with van der Waals surface area (Å²) in [5.41, 5.74) is 7.42. The number of thiazole rings is 1. The van der Waals surface area contributed by atoms with E-state index in [0.29, 0.717) is 17.1 Å². The molecule has 0 atom stereocenters. The number of hydrogen-bond donors (Lipinski definition) is 2. The molecule has 1 aromatic carbocycles. The normalized spacial score (nSPS) is 12.1. The Morgan fingerprint density at radius 1 is 1.40 bits per heavy atom. The Labute approximate surface area is 119 Å². The van der Waals surface area contributed by atoms with Crippen molar-refractivity contribution >= 4 is 37.2 Å². The Hall–Kier alpha value is -1.93. The van der Waals surface area contributed by atoms with Gasteiger partial charge in [0, 0.05) is 18.2 Å². The number of H-pyrrole nitrogens is 1. The van der Waals surface area contributed by atoms with Crippen molar-refractivity contribution in [1.82, 2.24) is 15.2 Å². The molecule has 3 aromatic rings. The van der Waals surface area contributed by atoms with Crippen molar-refractivity contribution in [3.63, 3.8) is 0 Å². The third-order valence-electron chi connectivity index (χ3n) is 2.93. The maximum atomic E-state index is 11.5. The molecular weight excluding hydrogens is 296 g/mol. The van der Waals surface area contributed by atoms with Crippen molar-refractivity contribution in [1.29, 1.82) is 0 Å². The lowest BCUT2D eigenvalue weighted by atomic mass is 10.2. The Morgan fingerprint density at radius 2 is 2.20 bits per heavy atom. The largest absolute Gasteiger partial charge is 0.384 e. The van der Waals surface area contributed by atoms with Gasteiger partial charge in [0.15, 0.2) is 9.84 Å². The quantitative estimate of drug-likeness (QED) is 0.765. The first-order valence-corrected chi connectivity index (χ1v) is 8.51. The van der Waals surface area contributed by atoms with Gasteiger partial charge < -0.3 is 5.73 Å². The number of rotatable bonds is 3. The summed E-state index contributed by atoms with van der Waals surface area (Å²) in [6.45, 7) is 0. The van der Waals surface area contributed by atoms with Crippen LogP contribution in [0.4, 0.5) is 5.82 Å². The number of nitrogen functional groups attached to an aromatic ring is 1. The van der Waals surface area contributed by atoms with Gasteiger partial charge in [0.05, 0.1) is 26.3 Å². The highest BCUT2D eigenvalue weighted by Crippen LogP contribution is 2.27. The third kappa shape index (κ3) is 2.39. The van der Waals surface area contributed by atoms with E-state index in [1.807, 2.05) is 0 Å². The van der Waals surface area contributed by atoms with Crippen molar-refractivity contribution in [2.75, 3.05) is 12.0 Å². The molecule has 20 heavy (non-hydrogen) atoms. The zero-order valence-electron chi connectivity index (χ0n) is 10.6. The summed E-state index contributed by atoms with van der Waals surface area (Å²) >= 11 is 1.46. The third-order valence-corrected chi connectivity index (χ3v) is 5.05. The van der Waals surface area contributed by atoms with Crippen LogP contribution in [0.15, 0.2) is 29.3 Å². The van der Waals surface area contributed by atoms with Gasteiger partial charge in [-0.3, -0.25) is 5.10 Å². The molecule has 0 aliphatic heterocycles. The highest BCUT2D eigenvalue weighted by molar-refractivity contribution is 7.90. The second-order valence-corrected chi connectivity index (χ2v) is 7.63. The molecule has 0 aliphatic rings. The summed E-state index contributed by atoms with van der Waals surface area (Å²) in [6.07, 6.45) is 3.45. The van der Waals surface area contributed by atoms with Crippen LogP contribution < -0.4 is 5.73 Å². The van der Waals surface area contributed by atoms with E-state index in [2.05, 4.69) is 15.2 Å². The molecule has 2 heterocycles. The summed E-state index contributed by atoms with van der Waals surface area (Å²) in [6, 6.07) is 4.96. The summed E-state index contributed by atoms with van der Waals surface area (Å²) in [5, 5.41) is 7.42. The van der Waals surface area contributed by atoms with Crippen LogP contribution in [0, 0.1) is 0 Å². The van der Waals surface area contributed by atoms with Gasteiger partial charge in [0.1, 0.15) is 5.82 Å². The summed E-state index contributed by atoms with van der Waals surface area (Å²) in [4.78, 5) is 4.79. The van der Waals surface area contributed by atoms with Gasteiger partial charge >= 0.3 is 0 Å². The maximum Gasteiger partial charge on any atom is 0.175 e. The van der Waals surface area contributed by atoms with Crippen LogP contribution in [0.2, 0.25) is 0 Å². The molecule has 2 aromatic heterocycles. The van der Waals surface area contributed by atoms with Crippen molar-refractivity contribution in [2.45, 2.75) is 11.3 Å². The standard InChI is InChI=1S/C12H12N4O2S2/c1-20(17,18)8-2-3-9-10(5-8)19-11(15-9)4-7-6-14-16-12(7)13/h2-3,5-6H,4H2,1H3,(H3,13,14,16). The number of sulfone groups is 1. The predicted octanol–water partition coefficient (Wildman–Crippen LogP) is 1.60. The predicted molar refractivity (Wildman–Crippen MR) is 78.5 cm³/mol. The van der Waals surface area contributed by atoms with Gasteiger partial charge in [-0.1, -0.05) is 0 Å². The highest BCUT2D eigenvalue weighted by Gasteiger charge is 2.12. The second-order valence-electron chi connectivity index (χ2n) is 4.49. The fraction of sp³-hybridized carbons (Fsp3) is 0.167. The van der Waals surface area contributed by atoms with E-state index < -0.39 is 9.84 Å². The van der Waals surface area contributed by atoms with E-state index in [9.17, 15) is 8.42 Å². The molecule has 0 radical (unpaired) electrons.